The molecule has 3 rings (SSSR count). The van der Waals surface area contributed by atoms with E-state index in [1.54, 1.807) is 31.2 Å². The van der Waals surface area contributed by atoms with E-state index in [9.17, 15) is 13.2 Å². The summed E-state index contributed by atoms with van der Waals surface area (Å²) in [5.41, 5.74) is 3.24. The van der Waals surface area contributed by atoms with Crippen molar-refractivity contribution in [3.8, 4) is 5.75 Å². The number of carbonyl (C=O) groups is 1. The van der Waals surface area contributed by atoms with Gasteiger partial charge in [0.1, 0.15) is 5.75 Å². The normalized spacial score (nSPS) is 14.4. The molecule has 0 spiro atoms. The summed E-state index contributed by atoms with van der Waals surface area (Å²) in [6, 6.07) is 12.6. The van der Waals surface area contributed by atoms with E-state index in [1.807, 2.05) is 25.1 Å². The number of nitrogens with zero attached hydrogens (tertiary/aromatic N) is 1. The van der Waals surface area contributed by atoms with Crippen LogP contribution in [0.3, 0.4) is 0 Å². The van der Waals surface area contributed by atoms with E-state index in [1.165, 1.54) is 4.31 Å². The van der Waals surface area contributed by atoms with Crippen molar-refractivity contribution in [1.82, 2.24) is 4.31 Å². The maximum atomic E-state index is 12.5. The highest BCUT2D eigenvalue weighted by Crippen LogP contribution is 2.25. The van der Waals surface area contributed by atoms with Gasteiger partial charge in [0.2, 0.25) is 10.0 Å². The highest BCUT2D eigenvalue weighted by molar-refractivity contribution is 7.89. The molecule has 2 aromatic carbocycles. The predicted octanol–water partition coefficient (Wildman–Crippen LogP) is 3.05. The van der Waals surface area contributed by atoms with Gasteiger partial charge in [0.15, 0.2) is 0 Å². The third-order valence-corrected chi connectivity index (χ3v) is 6.46. The molecular formula is C20H24N2O4S. The fourth-order valence-corrected chi connectivity index (χ4v) is 4.17. The summed E-state index contributed by atoms with van der Waals surface area (Å²) in [7, 11) is -3.22. The van der Waals surface area contributed by atoms with Gasteiger partial charge in [-0.3, -0.25) is 4.79 Å². The number of anilines is 1. The van der Waals surface area contributed by atoms with E-state index in [4.69, 9.17) is 4.74 Å². The van der Waals surface area contributed by atoms with Gasteiger partial charge in [0.05, 0.1) is 12.4 Å². The predicted molar refractivity (Wildman–Crippen MR) is 106 cm³/mol. The van der Waals surface area contributed by atoms with E-state index in [0.29, 0.717) is 37.4 Å². The summed E-state index contributed by atoms with van der Waals surface area (Å²) < 4.78 is 31.2. The Bertz CT molecular complexity index is 923. The van der Waals surface area contributed by atoms with Gasteiger partial charge in [-0.1, -0.05) is 6.07 Å². The second-order valence-electron chi connectivity index (χ2n) is 6.38. The van der Waals surface area contributed by atoms with Crippen molar-refractivity contribution in [1.29, 1.82) is 0 Å². The van der Waals surface area contributed by atoms with Gasteiger partial charge in [-0.25, -0.2) is 8.42 Å². The van der Waals surface area contributed by atoms with E-state index in [-0.39, 0.29) is 11.7 Å². The number of rotatable bonds is 6. The first-order valence-electron chi connectivity index (χ1n) is 9.06. The van der Waals surface area contributed by atoms with Gasteiger partial charge in [0, 0.05) is 24.3 Å². The zero-order chi connectivity index (χ0) is 19.4. The fourth-order valence-electron chi connectivity index (χ4n) is 3.10. The number of carbonyl (C=O) groups excluding carboxylic acids is 1. The minimum absolute atomic E-state index is 0.0938. The van der Waals surface area contributed by atoms with E-state index >= 15 is 0 Å². The lowest BCUT2D eigenvalue weighted by molar-refractivity contribution is 0.102. The molecule has 1 aliphatic heterocycles. The Morgan fingerprint density at radius 3 is 2.52 bits per heavy atom. The molecule has 7 heteroatoms. The first-order chi connectivity index (χ1) is 12.9. The van der Waals surface area contributed by atoms with Crippen molar-refractivity contribution in [3.63, 3.8) is 0 Å². The Kier molecular flexibility index (Phi) is 5.82. The molecule has 1 heterocycles. The zero-order valence-electron chi connectivity index (χ0n) is 15.6. The molecule has 27 heavy (non-hydrogen) atoms. The van der Waals surface area contributed by atoms with Crippen molar-refractivity contribution in [3.05, 3.63) is 59.2 Å². The molecule has 0 saturated carbocycles. The molecule has 6 nitrogen and oxygen atoms in total. The number of fused-ring (bicyclic) bond motifs is 1. The monoisotopic (exact) mass is 388 g/mol. The standard InChI is InChI=1S/C20H24N2O4S/c1-3-26-19-9-6-16(7-10-19)20(23)21-18-8-5-15-11-12-22(14-17(15)13-18)27(24,25)4-2/h5-10,13H,3-4,11-12,14H2,1-2H3,(H,21,23). The highest BCUT2D eigenvalue weighted by atomic mass is 32.2. The second-order valence-corrected chi connectivity index (χ2v) is 8.64. The number of hydrogen-bond donors (Lipinski definition) is 1. The lowest BCUT2D eigenvalue weighted by Crippen LogP contribution is -2.36. The van der Waals surface area contributed by atoms with Crippen LogP contribution in [0.5, 0.6) is 5.75 Å². The quantitative estimate of drug-likeness (QED) is 0.825. The van der Waals surface area contributed by atoms with Crippen LogP contribution in [-0.2, 0) is 23.0 Å². The SMILES string of the molecule is CCOc1ccc(C(=O)Nc2ccc3c(c2)CN(S(=O)(=O)CC)CC3)cc1. The summed E-state index contributed by atoms with van der Waals surface area (Å²) in [4.78, 5) is 12.5. The first kappa shape index (κ1) is 19.4. The topological polar surface area (TPSA) is 75.7 Å². The van der Waals surface area contributed by atoms with E-state index in [0.717, 1.165) is 16.9 Å². The van der Waals surface area contributed by atoms with Crippen molar-refractivity contribution in [2.75, 3.05) is 24.2 Å². The molecule has 1 amide bonds. The molecular weight excluding hydrogens is 364 g/mol. The molecule has 0 aromatic heterocycles. The molecule has 0 saturated heterocycles. The van der Waals surface area contributed by atoms with Crippen molar-refractivity contribution in [2.45, 2.75) is 26.8 Å². The minimum atomic E-state index is -3.22. The summed E-state index contributed by atoms with van der Waals surface area (Å²) in [6.07, 6.45) is 0.682. The van der Waals surface area contributed by atoms with Crippen molar-refractivity contribution in [2.24, 2.45) is 0 Å². The smallest absolute Gasteiger partial charge is 0.255 e. The molecule has 0 unspecified atom stereocenters. The molecule has 0 fully saturated rings. The summed E-state index contributed by atoms with van der Waals surface area (Å²) in [6.45, 7) is 4.98. The molecule has 1 aliphatic rings. The second kappa shape index (κ2) is 8.10. The minimum Gasteiger partial charge on any atom is -0.494 e. The fraction of sp³-hybridized carbons (Fsp3) is 0.350. The van der Waals surface area contributed by atoms with Crippen LogP contribution in [-0.4, -0.2) is 37.5 Å². The average molecular weight is 388 g/mol. The highest BCUT2D eigenvalue weighted by Gasteiger charge is 2.25. The lowest BCUT2D eigenvalue weighted by Gasteiger charge is -2.28. The molecule has 2 aromatic rings. The Morgan fingerprint density at radius 2 is 1.85 bits per heavy atom. The van der Waals surface area contributed by atoms with Crippen LogP contribution in [0.2, 0.25) is 0 Å². The molecule has 1 N–H and O–H groups in total. The zero-order valence-corrected chi connectivity index (χ0v) is 16.4. The number of ether oxygens (including phenoxy) is 1. The summed E-state index contributed by atoms with van der Waals surface area (Å²) >= 11 is 0. The summed E-state index contributed by atoms with van der Waals surface area (Å²) in [5.74, 6) is 0.600. The van der Waals surface area contributed by atoms with Crippen molar-refractivity contribution < 1.29 is 17.9 Å². The van der Waals surface area contributed by atoms with Crippen LogP contribution in [0.15, 0.2) is 42.5 Å². The number of nitrogens with one attached hydrogen (secondary N) is 1. The van der Waals surface area contributed by atoms with Crippen LogP contribution < -0.4 is 10.1 Å². The van der Waals surface area contributed by atoms with Crippen LogP contribution >= 0.6 is 0 Å². The van der Waals surface area contributed by atoms with E-state index in [2.05, 4.69) is 5.32 Å². The maximum absolute atomic E-state index is 12.5. The Hall–Kier alpha value is -2.38. The van der Waals surface area contributed by atoms with Crippen LogP contribution in [0.1, 0.15) is 35.3 Å². The number of benzene rings is 2. The van der Waals surface area contributed by atoms with Crippen molar-refractivity contribution >= 4 is 21.6 Å². The van der Waals surface area contributed by atoms with Gasteiger partial charge in [-0.05, 0) is 67.8 Å². The van der Waals surface area contributed by atoms with Crippen LogP contribution in [0.4, 0.5) is 5.69 Å². The number of sulfonamides is 1. The van der Waals surface area contributed by atoms with Gasteiger partial charge in [-0.2, -0.15) is 4.31 Å². The largest absolute Gasteiger partial charge is 0.494 e. The Morgan fingerprint density at radius 1 is 1.11 bits per heavy atom. The molecule has 144 valence electrons. The first-order valence-corrected chi connectivity index (χ1v) is 10.7. The molecule has 0 aliphatic carbocycles. The van der Waals surface area contributed by atoms with Gasteiger partial charge in [0.25, 0.3) is 5.91 Å². The van der Waals surface area contributed by atoms with Gasteiger partial charge >= 0.3 is 0 Å². The van der Waals surface area contributed by atoms with E-state index < -0.39 is 10.0 Å². The van der Waals surface area contributed by atoms with Gasteiger partial charge in [-0.15, -0.1) is 0 Å². The number of amides is 1. The van der Waals surface area contributed by atoms with Gasteiger partial charge < -0.3 is 10.1 Å². The lowest BCUT2D eigenvalue weighted by atomic mass is 10.0. The average Bonchev–Trinajstić information content (AvgIpc) is 2.68. The molecule has 0 bridgehead atoms. The number of hydrogen-bond acceptors (Lipinski definition) is 4. The third kappa shape index (κ3) is 4.48. The van der Waals surface area contributed by atoms with Crippen LogP contribution in [0, 0.1) is 0 Å². The molecule has 0 atom stereocenters. The summed E-state index contributed by atoms with van der Waals surface area (Å²) in [5, 5.41) is 2.88. The van der Waals surface area contributed by atoms with Crippen LogP contribution in [0.25, 0.3) is 0 Å². The maximum Gasteiger partial charge on any atom is 0.255 e. The Balaban J connectivity index is 1.73. The third-order valence-electron chi connectivity index (χ3n) is 4.63. The Labute approximate surface area is 160 Å². The molecule has 0 radical (unpaired) electrons.